The Morgan fingerprint density at radius 3 is 2.36 bits per heavy atom. The first-order valence-corrected chi connectivity index (χ1v) is 8.87. The van der Waals surface area contributed by atoms with Gasteiger partial charge >= 0.3 is 0 Å². The molecular formula is C21H26N2O2. The second-order valence-corrected chi connectivity index (χ2v) is 6.67. The smallest absolute Gasteiger partial charge is 0.251 e. The Labute approximate surface area is 149 Å². The molecule has 132 valence electrons. The summed E-state index contributed by atoms with van der Waals surface area (Å²) in [4.78, 5) is 14.4. The third-order valence-corrected chi connectivity index (χ3v) is 5.07. The standard InChI is InChI=1S/C21H26N2O2/c1-15(23(2)21(24)20-13-12-19(14-22)25-20)16-8-10-18(11-9-16)17-6-4-3-5-7-17/h3-11,15,19-20H,12-14,22H2,1-2H3/t15?,19-,20+/m1/s1. The molecule has 0 bridgehead atoms. The van der Waals surface area contributed by atoms with E-state index in [0.717, 1.165) is 18.4 Å². The van der Waals surface area contributed by atoms with Gasteiger partial charge in [-0.3, -0.25) is 4.79 Å². The fourth-order valence-corrected chi connectivity index (χ4v) is 3.29. The van der Waals surface area contributed by atoms with Crippen LogP contribution in [-0.2, 0) is 9.53 Å². The lowest BCUT2D eigenvalue weighted by molar-refractivity contribution is -0.143. The lowest BCUT2D eigenvalue weighted by Crippen LogP contribution is -2.38. The van der Waals surface area contributed by atoms with Crippen LogP contribution in [0.25, 0.3) is 11.1 Å². The fourth-order valence-electron chi connectivity index (χ4n) is 3.29. The number of ether oxygens (including phenoxy) is 1. The van der Waals surface area contributed by atoms with Gasteiger partial charge in [0.25, 0.3) is 5.91 Å². The lowest BCUT2D eigenvalue weighted by Gasteiger charge is -2.28. The summed E-state index contributed by atoms with van der Waals surface area (Å²) in [6, 6.07) is 18.7. The van der Waals surface area contributed by atoms with Gasteiger partial charge in [-0.2, -0.15) is 0 Å². The van der Waals surface area contributed by atoms with Gasteiger partial charge in [0.15, 0.2) is 0 Å². The number of likely N-dealkylation sites (N-methyl/N-ethyl adjacent to an activating group) is 1. The van der Waals surface area contributed by atoms with Gasteiger partial charge in [0.05, 0.1) is 12.1 Å². The molecule has 1 saturated heterocycles. The van der Waals surface area contributed by atoms with Crippen molar-refractivity contribution in [1.82, 2.24) is 4.90 Å². The summed E-state index contributed by atoms with van der Waals surface area (Å²) in [5.74, 6) is 0.0376. The molecule has 0 saturated carbocycles. The summed E-state index contributed by atoms with van der Waals surface area (Å²) < 4.78 is 5.74. The van der Waals surface area contributed by atoms with Crippen molar-refractivity contribution in [3.05, 3.63) is 60.2 Å². The lowest BCUT2D eigenvalue weighted by atomic mass is 10.0. The highest BCUT2D eigenvalue weighted by Crippen LogP contribution is 2.27. The van der Waals surface area contributed by atoms with Crippen molar-refractivity contribution < 1.29 is 9.53 Å². The number of nitrogens with zero attached hydrogens (tertiary/aromatic N) is 1. The molecule has 1 heterocycles. The van der Waals surface area contributed by atoms with Crippen LogP contribution in [0.2, 0.25) is 0 Å². The molecule has 1 amide bonds. The third kappa shape index (κ3) is 3.91. The van der Waals surface area contributed by atoms with E-state index in [1.807, 2.05) is 32.2 Å². The number of carbonyl (C=O) groups excluding carboxylic acids is 1. The minimum Gasteiger partial charge on any atom is -0.364 e. The monoisotopic (exact) mass is 338 g/mol. The predicted molar refractivity (Wildman–Crippen MR) is 100 cm³/mol. The fraction of sp³-hybridized carbons (Fsp3) is 0.381. The van der Waals surface area contributed by atoms with Crippen LogP contribution in [0.4, 0.5) is 0 Å². The van der Waals surface area contributed by atoms with Crippen molar-refractivity contribution in [3.63, 3.8) is 0 Å². The average Bonchev–Trinajstić information content (AvgIpc) is 3.16. The molecule has 0 radical (unpaired) electrons. The van der Waals surface area contributed by atoms with E-state index in [4.69, 9.17) is 10.5 Å². The average molecular weight is 338 g/mol. The van der Waals surface area contributed by atoms with E-state index in [0.29, 0.717) is 6.54 Å². The van der Waals surface area contributed by atoms with E-state index in [-0.39, 0.29) is 24.2 Å². The molecule has 2 aromatic carbocycles. The van der Waals surface area contributed by atoms with Gasteiger partial charge < -0.3 is 15.4 Å². The molecule has 2 aromatic rings. The molecule has 0 spiro atoms. The van der Waals surface area contributed by atoms with Crippen LogP contribution in [0.15, 0.2) is 54.6 Å². The maximum absolute atomic E-state index is 12.7. The van der Waals surface area contributed by atoms with E-state index in [2.05, 4.69) is 36.4 Å². The van der Waals surface area contributed by atoms with Crippen LogP contribution >= 0.6 is 0 Å². The normalized spacial score (nSPS) is 21.1. The molecule has 1 aliphatic heterocycles. The van der Waals surface area contributed by atoms with E-state index in [9.17, 15) is 4.79 Å². The van der Waals surface area contributed by atoms with Gasteiger partial charge in [-0.1, -0.05) is 54.6 Å². The van der Waals surface area contributed by atoms with Gasteiger partial charge in [-0.05, 0) is 36.5 Å². The van der Waals surface area contributed by atoms with Crippen LogP contribution in [0.5, 0.6) is 0 Å². The van der Waals surface area contributed by atoms with E-state index in [1.165, 1.54) is 11.1 Å². The zero-order valence-electron chi connectivity index (χ0n) is 14.9. The molecule has 0 aromatic heterocycles. The Morgan fingerprint density at radius 1 is 1.12 bits per heavy atom. The largest absolute Gasteiger partial charge is 0.364 e. The molecule has 2 N–H and O–H groups in total. The quantitative estimate of drug-likeness (QED) is 0.909. The Bertz CT molecular complexity index is 700. The first-order chi connectivity index (χ1) is 12.1. The van der Waals surface area contributed by atoms with Gasteiger partial charge in [-0.25, -0.2) is 0 Å². The van der Waals surface area contributed by atoms with Crippen molar-refractivity contribution in [2.75, 3.05) is 13.6 Å². The maximum atomic E-state index is 12.7. The summed E-state index contributed by atoms with van der Waals surface area (Å²) in [5, 5.41) is 0. The zero-order valence-corrected chi connectivity index (χ0v) is 14.9. The summed E-state index contributed by atoms with van der Waals surface area (Å²) in [7, 11) is 1.84. The Kier molecular flexibility index (Phi) is 5.51. The van der Waals surface area contributed by atoms with Gasteiger partial charge in [0.1, 0.15) is 6.10 Å². The van der Waals surface area contributed by atoms with Crippen LogP contribution in [0.3, 0.4) is 0 Å². The van der Waals surface area contributed by atoms with Crippen molar-refractivity contribution in [1.29, 1.82) is 0 Å². The highest BCUT2D eigenvalue weighted by molar-refractivity contribution is 5.81. The van der Waals surface area contributed by atoms with E-state index < -0.39 is 0 Å². The number of nitrogens with two attached hydrogens (primary N) is 1. The Hall–Kier alpha value is -2.17. The molecule has 3 atom stereocenters. The number of amides is 1. The summed E-state index contributed by atoms with van der Waals surface area (Å²) >= 11 is 0. The highest BCUT2D eigenvalue weighted by Gasteiger charge is 2.33. The number of carbonyl (C=O) groups is 1. The van der Waals surface area contributed by atoms with Crippen molar-refractivity contribution in [2.45, 2.75) is 38.0 Å². The zero-order chi connectivity index (χ0) is 17.8. The SMILES string of the molecule is CC(c1ccc(-c2ccccc2)cc1)N(C)C(=O)[C@@H]1CC[C@H](CN)O1. The molecule has 0 aliphatic carbocycles. The number of benzene rings is 2. The van der Waals surface area contributed by atoms with Crippen molar-refractivity contribution in [3.8, 4) is 11.1 Å². The maximum Gasteiger partial charge on any atom is 0.251 e. The minimum atomic E-state index is -0.357. The summed E-state index contributed by atoms with van der Waals surface area (Å²) in [5.41, 5.74) is 9.12. The van der Waals surface area contributed by atoms with Crippen molar-refractivity contribution in [2.24, 2.45) is 5.73 Å². The van der Waals surface area contributed by atoms with E-state index >= 15 is 0 Å². The molecule has 3 rings (SSSR count). The van der Waals surface area contributed by atoms with Crippen LogP contribution in [-0.4, -0.2) is 36.6 Å². The first kappa shape index (κ1) is 17.6. The highest BCUT2D eigenvalue weighted by atomic mass is 16.5. The Morgan fingerprint density at radius 2 is 1.76 bits per heavy atom. The third-order valence-electron chi connectivity index (χ3n) is 5.07. The van der Waals surface area contributed by atoms with Crippen LogP contribution in [0.1, 0.15) is 31.4 Å². The van der Waals surface area contributed by atoms with Crippen LogP contribution < -0.4 is 5.73 Å². The second-order valence-electron chi connectivity index (χ2n) is 6.67. The summed E-state index contributed by atoms with van der Waals surface area (Å²) in [6.45, 7) is 2.52. The molecule has 4 nitrogen and oxygen atoms in total. The first-order valence-electron chi connectivity index (χ1n) is 8.87. The molecule has 25 heavy (non-hydrogen) atoms. The molecule has 1 unspecified atom stereocenters. The molecule has 1 fully saturated rings. The molecular weight excluding hydrogens is 312 g/mol. The Balaban J connectivity index is 1.68. The number of hydrogen-bond donors (Lipinski definition) is 1. The predicted octanol–water partition coefficient (Wildman–Crippen LogP) is 3.38. The minimum absolute atomic E-state index is 0.00199. The molecule has 1 aliphatic rings. The van der Waals surface area contributed by atoms with Gasteiger partial charge in [-0.15, -0.1) is 0 Å². The van der Waals surface area contributed by atoms with Gasteiger partial charge in [0.2, 0.25) is 0 Å². The summed E-state index contributed by atoms with van der Waals surface area (Å²) in [6.07, 6.45) is 1.28. The van der Waals surface area contributed by atoms with Crippen LogP contribution in [0, 0.1) is 0 Å². The number of rotatable bonds is 5. The van der Waals surface area contributed by atoms with E-state index in [1.54, 1.807) is 4.90 Å². The number of hydrogen-bond acceptors (Lipinski definition) is 3. The second kappa shape index (κ2) is 7.81. The molecule has 4 heteroatoms. The van der Waals surface area contributed by atoms with Crippen molar-refractivity contribution >= 4 is 5.91 Å². The van der Waals surface area contributed by atoms with Gasteiger partial charge in [0, 0.05) is 13.6 Å². The topological polar surface area (TPSA) is 55.6 Å².